The standard InChI is InChI=1S/C15H18O/c1-9(2)12-8-13-11(15(12)10(3)4)6-5-7-14(13)16/h5-7,16H,8H2,1-4H3. The smallest absolute Gasteiger partial charge is 0.119 e. The fraction of sp³-hybridized carbons (Fsp3) is 0.333. The molecule has 0 heterocycles. The molecule has 0 saturated carbocycles. The predicted octanol–water partition coefficient (Wildman–Crippen LogP) is 4.08. The van der Waals surface area contributed by atoms with Crippen molar-refractivity contribution in [2.24, 2.45) is 0 Å². The summed E-state index contributed by atoms with van der Waals surface area (Å²) < 4.78 is 0. The number of allylic oxidation sites excluding steroid dienone is 4. The summed E-state index contributed by atoms with van der Waals surface area (Å²) in [7, 11) is 0. The molecule has 1 heteroatoms. The first kappa shape index (κ1) is 11.0. The Labute approximate surface area is 97.1 Å². The van der Waals surface area contributed by atoms with Gasteiger partial charge in [0.2, 0.25) is 0 Å². The van der Waals surface area contributed by atoms with Crippen LogP contribution in [0.4, 0.5) is 0 Å². The lowest BCUT2D eigenvalue weighted by molar-refractivity contribution is 0.470. The second-order valence-corrected chi connectivity index (χ2v) is 4.83. The highest BCUT2D eigenvalue weighted by Crippen LogP contribution is 2.43. The molecule has 1 aliphatic rings. The minimum Gasteiger partial charge on any atom is -0.508 e. The summed E-state index contributed by atoms with van der Waals surface area (Å²) in [5.41, 5.74) is 7.64. The van der Waals surface area contributed by atoms with Crippen molar-refractivity contribution in [2.45, 2.75) is 34.1 Å². The van der Waals surface area contributed by atoms with Gasteiger partial charge in [0.05, 0.1) is 0 Å². The molecule has 1 aliphatic carbocycles. The van der Waals surface area contributed by atoms with Crippen molar-refractivity contribution in [2.75, 3.05) is 0 Å². The molecule has 0 aliphatic heterocycles. The van der Waals surface area contributed by atoms with Gasteiger partial charge < -0.3 is 5.11 Å². The molecule has 0 atom stereocenters. The van der Waals surface area contributed by atoms with Gasteiger partial charge >= 0.3 is 0 Å². The first-order chi connectivity index (χ1) is 7.52. The van der Waals surface area contributed by atoms with Gasteiger partial charge in [0.1, 0.15) is 5.75 Å². The van der Waals surface area contributed by atoms with Crippen molar-refractivity contribution in [1.29, 1.82) is 0 Å². The Kier molecular flexibility index (Phi) is 2.63. The SMILES string of the molecule is CC(C)=C1Cc2c(O)cccc2C1=C(C)C. The van der Waals surface area contributed by atoms with E-state index in [1.165, 1.54) is 27.9 Å². The van der Waals surface area contributed by atoms with Crippen LogP contribution in [-0.4, -0.2) is 5.11 Å². The summed E-state index contributed by atoms with van der Waals surface area (Å²) in [4.78, 5) is 0. The van der Waals surface area contributed by atoms with Gasteiger partial charge in [-0.1, -0.05) is 23.3 Å². The molecule has 0 amide bonds. The van der Waals surface area contributed by atoms with Gasteiger partial charge in [0.15, 0.2) is 0 Å². The van der Waals surface area contributed by atoms with E-state index in [2.05, 4.69) is 33.8 Å². The second kappa shape index (κ2) is 3.82. The summed E-state index contributed by atoms with van der Waals surface area (Å²) in [5.74, 6) is 0.424. The zero-order chi connectivity index (χ0) is 11.9. The lowest BCUT2D eigenvalue weighted by Crippen LogP contribution is -1.87. The van der Waals surface area contributed by atoms with Crippen LogP contribution >= 0.6 is 0 Å². The molecule has 2 rings (SSSR count). The minimum atomic E-state index is 0.424. The highest BCUT2D eigenvalue weighted by Gasteiger charge is 2.24. The van der Waals surface area contributed by atoms with E-state index in [4.69, 9.17) is 0 Å². The third-order valence-electron chi connectivity index (χ3n) is 3.18. The van der Waals surface area contributed by atoms with Crippen molar-refractivity contribution >= 4 is 5.57 Å². The highest BCUT2D eigenvalue weighted by molar-refractivity contribution is 5.89. The van der Waals surface area contributed by atoms with E-state index >= 15 is 0 Å². The Morgan fingerprint density at radius 3 is 2.31 bits per heavy atom. The predicted molar refractivity (Wildman–Crippen MR) is 68.5 cm³/mol. The maximum absolute atomic E-state index is 9.89. The van der Waals surface area contributed by atoms with E-state index in [1.54, 1.807) is 6.07 Å². The lowest BCUT2D eigenvalue weighted by atomic mass is 9.98. The number of aromatic hydroxyl groups is 1. The van der Waals surface area contributed by atoms with Crippen LogP contribution in [0.1, 0.15) is 38.8 Å². The van der Waals surface area contributed by atoms with E-state index in [0.717, 1.165) is 12.0 Å². The van der Waals surface area contributed by atoms with Crippen LogP contribution in [0.2, 0.25) is 0 Å². The monoisotopic (exact) mass is 214 g/mol. The molecule has 0 bridgehead atoms. The van der Waals surface area contributed by atoms with Gasteiger partial charge in [-0.25, -0.2) is 0 Å². The molecule has 84 valence electrons. The molecule has 0 spiro atoms. The summed E-state index contributed by atoms with van der Waals surface area (Å²) in [6, 6.07) is 5.80. The number of hydrogen-bond acceptors (Lipinski definition) is 1. The number of fused-ring (bicyclic) bond motifs is 1. The van der Waals surface area contributed by atoms with Gasteiger partial charge in [-0.05, 0) is 50.5 Å². The summed E-state index contributed by atoms with van der Waals surface area (Å²) in [6.07, 6.45) is 0.866. The molecule has 1 aromatic rings. The van der Waals surface area contributed by atoms with Crippen LogP contribution in [0.5, 0.6) is 5.75 Å². The third-order valence-corrected chi connectivity index (χ3v) is 3.18. The van der Waals surface area contributed by atoms with Crippen LogP contribution in [-0.2, 0) is 6.42 Å². The number of phenolic OH excluding ortho intramolecular Hbond substituents is 1. The molecule has 1 nitrogen and oxygen atoms in total. The quantitative estimate of drug-likeness (QED) is 0.690. The van der Waals surface area contributed by atoms with Crippen LogP contribution in [0.3, 0.4) is 0 Å². The Morgan fingerprint density at radius 1 is 1.06 bits per heavy atom. The van der Waals surface area contributed by atoms with Crippen molar-refractivity contribution in [3.63, 3.8) is 0 Å². The Hall–Kier alpha value is -1.50. The average molecular weight is 214 g/mol. The van der Waals surface area contributed by atoms with Gasteiger partial charge in [-0.2, -0.15) is 0 Å². The Bertz CT molecular complexity index is 496. The maximum atomic E-state index is 9.89. The summed E-state index contributed by atoms with van der Waals surface area (Å²) in [6.45, 7) is 8.55. The minimum absolute atomic E-state index is 0.424. The first-order valence-corrected chi connectivity index (χ1v) is 5.67. The van der Waals surface area contributed by atoms with Crippen molar-refractivity contribution < 1.29 is 5.11 Å². The van der Waals surface area contributed by atoms with Crippen molar-refractivity contribution in [1.82, 2.24) is 0 Å². The molecular weight excluding hydrogens is 196 g/mol. The van der Waals surface area contributed by atoms with Crippen LogP contribution in [0.25, 0.3) is 5.57 Å². The summed E-state index contributed by atoms with van der Waals surface area (Å²) in [5, 5.41) is 9.89. The van der Waals surface area contributed by atoms with Crippen LogP contribution in [0.15, 0.2) is 34.9 Å². The van der Waals surface area contributed by atoms with Crippen LogP contribution in [0, 0.1) is 0 Å². The normalized spacial score (nSPS) is 14.0. The van der Waals surface area contributed by atoms with E-state index in [9.17, 15) is 5.11 Å². The second-order valence-electron chi connectivity index (χ2n) is 4.83. The van der Waals surface area contributed by atoms with Gasteiger partial charge in [0.25, 0.3) is 0 Å². The molecular formula is C15H18O. The molecule has 0 radical (unpaired) electrons. The van der Waals surface area contributed by atoms with Gasteiger partial charge in [-0.15, -0.1) is 0 Å². The highest BCUT2D eigenvalue weighted by atomic mass is 16.3. The zero-order valence-corrected chi connectivity index (χ0v) is 10.4. The molecule has 16 heavy (non-hydrogen) atoms. The zero-order valence-electron chi connectivity index (χ0n) is 10.4. The molecule has 1 N–H and O–H groups in total. The van der Waals surface area contributed by atoms with Crippen molar-refractivity contribution in [3.05, 3.63) is 46.0 Å². The fourth-order valence-electron chi connectivity index (χ4n) is 2.42. The third kappa shape index (κ3) is 1.57. The lowest BCUT2D eigenvalue weighted by Gasteiger charge is -2.07. The number of rotatable bonds is 0. The average Bonchev–Trinajstić information content (AvgIpc) is 2.58. The molecule has 1 aromatic carbocycles. The Morgan fingerprint density at radius 2 is 1.75 bits per heavy atom. The van der Waals surface area contributed by atoms with Crippen LogP contribution < -0.4 is 0 Å². The van der Waals surface area contributed by atoms with Crippen molar-refractivity contribution in [3.8, 4) is 5.75 Å². The molecule has 0 unspecified atom stereocenters. The van der Waals surface area contributed by atoms with E-state index in [0.29, 0.717) is 5.75 Å². The molecule has 0 saturated heterocycles. The Balaban J connectivity index is 2.74. The van der Waals surface area contributed by atoms with E-state index in [1.807, 2.05) is 6.07 Å². The maximum Gasteiger partial charge on any atom is 0.119 e. The topological polar surface area (TPSA) is 20.2 Å². The van der Waals surface area contributed by atoms with Gasteiger partial charge in [0, 0.05) is 12.0 Å². The number of phenols is 1. The number of hydrogen-bond donors (Lipinski definition) is 1. The summed E-state index contributed by atoms with van der Waals surface area (Å²) >= 11 is 0. The van der Waals surface area contributed by atoms with Gasteiger partial charge in [-0.3, -0.25) is 0 Å². The number of benzene rings is 1. The largest absolute Gasteiger partial charge is 0.508 e. The fourth-order valence-corrected chi connectivity index (χ4v) is 2.42. The van der Waals surface area contributed by atoms with E-state index < -0.39 is 0 Å². The van der Waals surface area contributed by atoms with E-state index in [-0.39, 0.29) is 0 Å². The first-order valence-electron chi connectivity index (χ1n) is 5.67. The molecule has 0 aromatic heterocycles. The molecule has 0 fully saturated rings.